The SMILES string of the molecule is COC(=O)c1cc(C)c(OC)cn1. The summed E-state index contributed by atoms with van der Waals surface area (Å²) in [6.45, 7) is 1.84. The van der Waals surface area contributed by atoms with E-state index >= 15 is 0 Å². The molecule has 0 radical (unpaired) electrons. The second kappa shape index (κ2) is 3.89. The molecule has 0 aliphatic heterocycles. The second-order valence-electron chi connectivity index (χ2n) is 2.53. The van der Waals surface area contributed by atoms with E-state index in [4.69, 9.17) is 4.74 Å². The molecule has 4 heteroatoms. The highest BCUT2D eigenvalue weighted by Gasteiger charge is 2.08. The zero-order chi connectivity index (χ0) is 9.84. The zero-order valence-electron chi connectivity index (χ0n) is 7.83. The van der Waals surface area contributed by atoms with E-state index in [9.17, 15) is 4.79 Å². The molecule has 4 nitrogen and oxygen atoms in total. The number of nitrogens with zero attached hydrogens (tertiary/aromatic N) is 1. The number of methoxy groups -OCH3 is 2. The summed E-state index contributed by atoms with van der Waals surface area (Å²) in [6, 6.07) is 1.63. The molecule has 0 fully saturated rings. The van der Waals surface area contributed by atoms with Gasteiger partial charge < -0.3 is 9.47 Å². The maximum atomic E-state index is 11.0. The van der Waals surface area contributed by atoms with Gasteiger partial charge in [0.2, 0.25) is 0 Å². The predicted octanol–water partition coefficient (Wildman–Crippen LogP) is 1.19. The van der Waals surface area contributed by atoms with Gasteiger partial charge in [-0.2, -0.15) is 0 Å². The van der Waals surface area contributed by atoms with Gasteiger partial charge in [-0.05, 0) is 18.6 Å². The van der Waals surface area contributed by atoms with Gasteiger partial charge in [-0.15, -0.1) is 0 Å². The van der Waals surface area contributed by atoms with Crippen LogP contribution in [0, 0.1) is 6.92 Å². The summed E-state index contributed by atoms with van der Waals surface area (Å²) in [6.07, 6.45) is 1.50. The van der Waals surface area contributed by atoms with Crippen LogP contribution >= 0.6 is 0 Å². The second-order valence-corrected chi connectivity index (χ2v) is 2.53. The van der Waals surface area contributed by atoms with Crippen LogP contribution in [0.15, 0.2) is 12.3 Å². The zero-order valence-corrected chi connectivity index (χ0v) is 7.83. The fourth-order valence-corrected chi connectivity index (χ4v) is 0.973. The Hall–Kier alpha value is -1.58. The van der Waals surface area contributed by atoms with E-state index in [1.165, 1.54) is 13.3 Å². The predicted molar refractivity (Wildman–Crippen MR) is 46.9 cm³/mol. The minimum atomic E-state index is -0.439. The van der Waals surface area contributed by atoms with Crippen LogP contribution in [0.4, 0.5) is 0 Å². The average Bonchev–Trinajstić information content (AvgIpc) is 2.16. The highest BCUT2D eigenvalue weighted by Crippen LogP contribution is 2.16. The molecule has 0 atom stereocenters. The first-order chi connectivity index (χ1) is 6.19. The summed E-state index contributed by atoms with van der Waals surface area (Å²) in [5.74, 6) is 0.221. The molecular weight excluding hydrogens is 170 g/mol. The number of carbonyl (C=O) groups is 1. The van der Waals surface area contributed by atoms with Gasteiger partial charge in [-0.1, -0.05) is 0 Å². The van der Waals surface area contributed by atoms with Gasteiger partial charge in [0.25, 0.3) is 0 Å². The minimum Gasteiger partial charge on any atom is -0.495 e. The van der Waals surface area contributed by atoms with Crippen molar-refractivity contribution < 1.29 is 14.3 Å². The average molecular weight is 181 g/mol. The molecule has 0 amide bonds. The van der Waals surface area contributed by atoms with Crippen LogP contribution in [-0.2, 0) is 4.74 Å². The first-order valence-electron chi connectivity index (χ1n) is 3.78. The van der Waals surface area contributed by atoms with Gasteiger partial charge in [-0.3, -0.25) is 0 Å². The van der Waals surface area contributed by atoms with Crippen molar-refractivity contribution in [3.63, 3.8) is 0 Å². The van der Waals surface area contributed by atoms with Crippen LogP contribution in [0.5, 0.6) is 5.75 Å². The van der Waals surface area contributed by atoms with Gasteiger partial charge in [0, 0.05) is 0 Å². The molecule has 0 bridgehead atoms. The summed E-state index contributed by atoms with van der Waals surface area (Å²) in [7, 11) is 2.88. The Balaban J connectivity index is 3.02. The van der Waals surface area contributed by atoms with Crippen LogP contribution in [0.2, 0.25) is 0 Å². The monoisotopic (exact) mass is 181 g/mol. The van der Waals surface area contributed by atoms with Gasteiger partial charge >= 0.3 is 5.97 Å². The number of carbonyl (C=O) groups excluding carboxylic acids is 1. The summed E-state index contributed by atoms with van der Waals surface area (Å²) in [5, 5.41) is 0. The number of hydrogen-bond donors (Lipinski definition) is 0. The van der Waals surface area contributed by atoms with Crippen molar-refractivity contribution in [2.45, 2.75) is 6.92 Å². The molecule has 13 heavy (non-hydrogen) atoms. The third-order valence-electron chi connectivity index (χ3n) is 1.68. The molecule has 1 aromatic rings. The molecule has 0 N–H and O–H groups in total. The van der Waals surface area contributed by atoms with E-state index in [-0.39, 0.29) is 0 Å². The first kappa shape index (κ1) is 9.51. The van der Waals surface area contributed by atoms with E-state index in [1.807, 2.05) is 6.92 Å². The third kappa shape index (κ3) is 1.96. The van der Waals surface area contributed by atoms with Crippen LogP contribution in [0.25, 0.3) is 0 Å². The van der Waals surface area contributed by atoms with Gasteiger partial charge in [0.1, 0.15) is 11.4 Å². The van der Waals surface area contributed by atoms with Crippen LogP contribution in [0.1, 0.15) is 16.1 Å². The molecule has 1 heterocycles. The quantitative estimate of drug-likeness (QED) is 0.643. The fourth-order valence-electron chi connectivity index (χ4n) is 0.973. The van der Waals surface area contributed by atoms with Crippen LogP contribution < -0.4 is 4.74 Å². The highest BCUT2D eigenvalue weighted by molar-refractivity contribution is 5.87. The number of esters is 1. The van der Waals surface area contributed by atoms with Crippen molar-refractivity contribution in [1.29, 1.82) is 0 Å². The Kier molecular flexibility index (Phi) is 2.84. The Morgan fingerprint density at radius 1 is 1.46 bits per heavy atom. The number of aryl methyl sites for hydroxylation is 1. The Bertz CT molecular complexity index is 323. The Labute approximate surface area is 76.5 Å². The topological polar surface area (TPSA) is 48.4 Å². The molecule has 1 aromatic heterocycles. The van der Waals surface area contributed by atoms with Crippen molar-refractivity contribution in [1.82, 2.24) is 4.98 Å². The fraction of sp³-hybridized carbons (Fsp3) is 0.333. The third-order valence-corrected chi connectivity index (χ3v) is 1.68. The Morgan fingerprint density at radius 2 is 2.15 bits per heavy atom. The molecule has 0 unspecified atom stereocenters. The lowest BCUT2D eigenvalue weighted by Crippen LogP contribution is -2.04. The molecule has 0 aromatic carbocycles. The molecule has 0 aliphatic rings. The molecule has 0 spiro atoms. The van der Waals surface area contributed by atoms with Crippen LogP contribution in [-0.4, -0.2) is 25.2 Å². The van der Waals surface area contributed by atoms with Crippen molar-refractivity contribution in [2.24, 2.45) is 0 Å². The smallest absolute Gasteiger partial charge is 0.356 e. The lowest BCUT2D eigenvalue weighted by Gasteiger charge is -2.04. The number of aromatic nitrogens is 1. The van der Waals surface area contributed by atoms with E-state index < -0.39 is 5.97 Å². The molecule has 0 saturated carbocycles. The number of rotatable bonds is 2. The normalized spacial score (nSPS) is 9.46. The number of ether oxygens (including phenoxy) is 2. The highest BCUT2D eigenvalue weighted by atomic mass is 16.5. The maximum Gasteiger partial charge on any atom is 0.356 e. The van der Waals surface area contributed by atoms with Gasteiger partial charge in [-0.25, -0.2) is 9.78 Å². The maximum absolute atomic E-state index is 11.0. The molecule has 0 aliphatic carbocycles. The summed E-state index contributed by atoms with van der Waals surface area (Å²) >= 11 is 0. The summed E-state index contributed by atoms with van der Waals surface area (Å²) < 4.78 is 9.52. The minimum absolute atomic E-state index is 0.292. The Morgan fingerprint density at radius 3 is 2.62 bits per heavy atom. The van der Waals surface area contributed by atoms with Crippen molar-refractivity contribution in [3.8, 4) is 5.75 Å². The molecule has 70 valence electrons. The number of pyridine rings is 1. The van der Waals surface area contributed by atoms with E-state index in [0.29, 0.717) is 11.4 Å². The van der Waals surface area contributed by atoms with Crippen molar-refractivity contribution >= 4 is 5.97 Å². The summed E-state index contributed by atoms with van der Waals surface area (Å²) in [5.41, 5.74) is 1.15. The van der Waals surface area contributed by atoms with Crippen molar-refractivity contribution in [2.75, 3.05) is 14.2 Å². The first-order valence-corrected chi connectivity index (χ1v) is 3.78. The standard InChI is InChI=1S/C9H11NO3/c1-6-4-7(9(11)13-3)10-5-8(6)12-2/h4-5H,1-3H3. The lowest BCUT2D eigenvalue weighted by atomic mass is 10.2. The summed E-state index contributed by atoms with van der Waals surface area (Å²) in [4.78, 5) is 14.9. The van der Waals surface area contributed by atoms with E-state index in [1.54, 1.807) is 13.2 Å². The van der Waals surface area contributed by atoms with E-state index in [0.717, 1.165) is 5.56 Å². The van der Waals surface area contributed by atoms with E-state index in [2.05, 4.69) is 9.72 Å². The molecular formula is C9H11NO3. The van der Waals surface area contributed by atoms with Gasteiger partial charge in [0.15, 0.2) is 0 Å². The lowest BCUT2D eigenvalue weighted by molar-refractivity contribution is 0.0594. The van der Waals surface area contributed by atoms with Crippen LogP contribution in [0.3, 0.4) is 0 Å². The largest absolute Gasteiger partial charge is 0.495 e. The van der Waals surface area contributed by atoms with Crippen molar-refractivity contribution in [3.05, 3.63) is 23.5 Å². The van der Waals surface area contributed by atoms with Gasteiger partial charge in [0.05, 0.1) is 20.4 Å². The molecule has 0 saturated heterocycles. The number of hydrogen-bond acceptors (Lipinski definition) is 4. The molecule has 1 rings (SSSR count).